The van der Waals surface area contributed by atoms with Gasteiger partial charge in [-0.05, 0) is 37.6 Å². The molecule has 4 nitrogen and oxygen atoms in total. The number of nitrogens with one attached hydrogen (secondary N) is 2. The van der Waals surface area contributed by atoms with Crippen molar-refractivity contribution in [1.29, 1.82) is 0 Å². The van der Waals surface area contributed by atoms with Crippen LogP contribution in [-0.4, -0.2) is 17.4 Å². The van der Waals surface area contributed by atoms with Gasteiger partial charge in [0.15, 0.2) is 0 Å². The smallest absolute Gasteiger partial charge is 0.259 e. The van der Waals surface area contributed by atoms with Crippen molar-refractivity contribution < 1.29 is 4.79 Å². The average molecular weight is 324 g/mol. The number of rotatable bonds is 4. The Morgan fingerprint density at radius 2 is 2.05 bits per heavy atom. The monoisotopic (exact) mass is 323 g/mol. The highest BCUT2D eigenvalue weighted by atomic mass is 35.5. The van der Waals surface area contributed by atoms with Crippen molar-refractivity contribution in [3.8, 4) is 0 Å². The van der Waals surface area contributed by atoms with E-state index in [0.717, 1.165) is 5.56 Å². The van der Waals surface area contributed by atoms with Crippen molar-refractivity contribution >= 4 is 40.6 Å². The fraction of sp³-hybridized carbons (Fsp3) is 0.200. The van der Waals surface area contributed by atoms with E-state index in [1.165, 1.54) is 0 Å². The minimum Gasteiger partial charge on any atom is -0.370 e. The van der Waals surface area contributed by atoms with Crippen LogP contribution in [-0.2, 0) is 0 Å². The standard InChI is InChI=1S/C15H15Cl2N3O/c1-3-18-14-10(5-4-8-19-14)15(21)20-13-11(16)7-6-9(2)12(13)17/h4-8H,3H2,1-2H3,(H,18,19)(H,20,21). The predicted molar refractivity (Wildman–Crippen MR) is 87.6 cm³/mol. The topological polar surface area (TPSA) is 54.0 Å². The van der Waals surface area contributed by atoms with Gasteiger partial charge in [-0.3, -0.25) is 4.79 Å². The van der Waals surface area contributed by atoms with Gasteiger partial charge in [0.05, 0.1) is 21.3 Å². The van der Waals surface area contributed by atoms with E-state index in [1.807, 2.05) is 13.8 Å². The van der Waals surface area contributed by atoms with Crippen LogP contribution in [0.3, 0.4) is 0 Å². The molecule has 1 amide bonds. The summed E-state index contributed by atoms with van der Waals surface area (Å²) in [4.78, 5) is 16.6. The lowest BCUT2D eigenvalue weighted by Crippen LogP contribution is -2.16. The van der Waals surface area contributed by atoms with Crippen molar-refractivity contribution in [3.63, 3.8) is 0 Å². The van der Waals surface area contributed by atoms with Crippen LogP contribution < -0.4 is 10.6 Å². The van der Waals surface area contributed by atoms with Gasteiger partial charge < -0.3 is 10.6 Å². The highest BCUT2D eigenvalue weighted by Crippen LogP contribution is 2.33. The number of nitrogens with zero attached hydrogens (tertiary/aromatic N) is 1. The molecule has 0 radical (unpaired) electrons. The number of anilines is 2. The number of hydrogen-bond donors (Lipinski definition) is 2. The third kappa shape index (κ3) is 3.46. The molecule has 2 aromatic rings. The van der Waals surface area contributed by atoms with Crippen LogP contribution in [0.5, 0.6) is 0 Å². The van der Waals surface area contributed by atoms with Crippen LogP contribution in [0, 0.1) is 6.92 Å². The fourth-order valence-corrected chi connectivity index (χ4v) is 2.31. The quantitative estimate of drug-likeness (QED) is 0.877. The van der Waals surface area contributed by atoms with Crippen molar-refractivity contribution in [3.05, 3.63) is 51.6 Å². The van der Waals surface area contributed by atoms with Gasteiger partial charge in [-0.15, -0.1) is 0 Å². The maximum atomic E-state index is 12.4. The zero-order valence-corrected chi connectivity index (χ0v) is 13.2. The van der Waals surface area contributed by atoms with E-state index in [9.17, 15) is 4.79 Å². The SMILES string of the molecule is CCNc1ncccc1C(=O)Nc1c(Cl)ccc(C)c1Cl. The molecule has 21 heavy (non-hydrogen) atoms. The molecule has 0 aliphatic heterocycles. The molecule has 0 aliphatic rings. The van der Waals surface area contributed by atoms with Gasteiger partial charge in [0.1, 0.15) is 5.82 Å². The number of amides is 1. The van der Waals surface area contributed by atoms with Gasteiger partial charge in [0.2, 0.25) is 0 Å². The second-order valence-electron chi connectivity index (χ2n) is 4.44. The first-order valence-corrected chi connectivity index (χ1v) is 7.25. The third-order valence-electron chi connectivity index (χ3n) is 2.92. The molecule has 2 N–H and O–H groups in total. The number of hydrogen-bond acceptors (Lipinski definition) is 3. The van der Waals surface area contributed by atoms with Gasteiger partial charge in [0.25, 0.3) is 5.91 Å². The van der Waals surface area contributed by atoms with Crippen molar-refractivity contribution in [2.45, 2.75) is 13.8 Å². The third-order valence-corrected chi connectivity index (χ3v) is 3.72. The van der Waals surface area contributed by atoms with Crippen LogP contribution in [0.25, 0.3) is 0 Å². The predicted octanol–water partition coefficient (Wildman–Crippen LogP) is 4.38. The van der Waals surface area contributed by atoms with Gasteiger partial charge >= 0.3 is 0 Å². The number of carbonyl (C=O) groups is 1. The van der Waals surface area contributed by atoms with Crippen LogP contribution in [0.1, 0.15) is 22.8 Å². The maximum Gasteiger partial charge on any atom is 0.259 e. The Morgan fingerprint density at radius 1 is 1.29 bits per heavy atom. The Hall–Kier alpha value is -1.78. The Morgan fingerprint density at radius 3 is 2.76 bits per heavy atom. The summed E-state index contributed by atoms with van der Waals surface area (Å²) in [7, 11) is 0. The highest BCUT2D eigenvalue weighted by molar-refractivity contribution is 6.40. The largest absolute Gasteiger partial charge is 0.370 e. The molecule has 2 rings (SSSR count). The Bertz CT molecular complexity index is 674. The molecule has 1 aromatic heterocycles. The summed E-state index contributed by atoms with van der Waals surface area (Å²) in [5.74, 6) is 0.214. The number of carbonyl (C=O) groups excluding carboxylic acids is 1. The van der Waals surface area contributed by atoms with E-state index < -0.39 is 0 Å². The van der Waals surface area contributed by atoms with Gasteiger partial charge in [-0.2, -0.15) is 0 Å². The summed E-state index contributed by atoms with van der Waals surface area (Å²) >= 11 is 12.3. The number of aromatic nitrogens is 1. The van der Waals surface area contributed by atoms with Crippen LogP contribution in [0.15, 0.2) is 30.5 Å². The highest BCUT2D eigenvalue weighted by Gasteiger charge is 2.16. The van der Waals surface area contributed by atoms with Crippen molar-refractivity contribution in [1.82, 2.24) is 4.98 Å². The van der Waals surface area contributed by atoms with Crippen LogP contribution in [0.2, 0.25) is 10.0 Å². The zero-order chi connectivity index (χ0) is 15.4. The van der Waals surface area contributed by atoms with Gasteiger partial charge in [0, 0.05) is 12.7 Å². The molecule has 0 fully saturated rings. The molecule has 0 saturated heterocycles. The summed E-state index contributed by atoms with van der Waals surface area (Å²) in [5, 5.41) is 6.63. The summed E-state index contributed by atoms with van der Waals surface area (Å²) in [5.41, 5.74) is 1.69. The van der Waals surface area contributed by atoms with E-state index in [2.05, 4.69) is 15.6 Å². The van der Waals surface area contributed by atoms with E-state index in [4.69, 9.17) is 23.2 Å². The molecule has 0 bridgehead atoms. The van der Waals surface area contributed by atoms with E-state index >= 15 is 0 Å². The molecule has 6 heteroatoms. The number of halogens is 2. The summed E-state index contributed by atoms with van der Waals surface area (Å²) in [6.45, 7) is 4.45. The molecular formula is C15H15Cl2N3O. The second-order valence-corrected chi connectivity index (χ2v) is 5.22. The van der Waals surface area contributed by atoms with Crippen LogP contribution >= 0.6 is 23.2 Å². The minimum atomic E-state index is -0.312. The van der Waals surface area contributed by atoms with E-state index in [1.54, 1.807) is 30.5 Å². The molecule has 110 valence electrons. The lowest BCUT2D eigenvalue weighted by molar-refractivity contribution is 0.102. The Labute approximate surface area is 133 Å². The molecule has 0 unspecified atom stereocenters. The Balaban J connectivity index is 2.33. The molecule has 0 atom stereocenters. The summed E-state index contributed by atoms with van der Waals surface area (Å²) in [6.07, 6.45) is 1.63. The average Bonchev–Trinajstić information content (AvgIpc) is 2.48. The molecule has 1 aromatic carbocycles. The summed E-state index contributed by atoms with van der Waals surface area (Å²) in [6, 6.07) is 6.90. The first-order valence-electron chi connectivity index (χ1n) is 6.49. The molecular weight excluding hydrogens is 309 g/mol. The second kappa shape index (κ2) is 6.78. The molecule has 0 saturated carbocycles. The van der Waals surface area contributed by atoms with Crippen molar-refractivity contribution in [2.24, 2.45) is 0 Å². The number of aryl methyl sites for hydroxylation is 1. The van der Waals surface area contributed by atoms with Crippen LogP contribution in [0.4, 0.5) is 11.5 Å². The fourth-order valence-electron chi connectivity index (χ4n) is 1.85. The van der Waals surface area contributed by atoms with Gasteiger partial charge in [-0.1, -0.05) is 29.3 Å². The molecule has 0 spiro atoms. The van der Waals surface area contributed by atoms with Crippen molar-refractivity contribution in [2.75, 3.05) is 17.2 Å². The number of benzene rings is 1. The first kappa shape index (κ1) is 15.6. The van der Waals surface area contributed by atoms with E-state index in [0.29, 0.717) is 33.7 Å². The first-order chi connectivity index (χ1) is 10.0. The van der Waals surface area contributed by atoms with Gasteiger partial charge in [-0.25, -0.2) is 4.98 Å². The Kier molecular flexibility index (Phi) is 5.04. The summed E-state index contributed by atoms with van der Waals surface area (Å²) < 4.78 is 0. The lowest BCUT2D eigenvalue weighted by atomic mass is 10.2. The normalized spacial score (nSPS) is 10.3. The molecule has 0 aliphatic carbocycles. The molecule has 1 heterocycles. The zero-order valence-electron chi connectivity index (χ0n) is 11.7. The minimum absolute atomic E-state index is 0.312. The van der Waals surface area contributed by atoms with E-state index in [-0.39, 0.29) is 5.91 Å². The lowest BCUT2D eigenvalue weighted by Gasteiger charge is -2.13. The number of pyridine rings is 1. The maximum absolute atomic E-state index is 12.4.